The van der Waals surface area contributed by atoms with Crippen LogP contribution in [-0.4, -0.2) is 29.3 Å². The van der Waals surface area contributed by atoms with Gasteiger partial charge in [-0.3, -0.25) is 4.79 Å². The van der Waals surface area contributed by atoms with E-state index in [1.807, 2.05) is 0 Å². The molecule has 0 radical (unpaired) electrons. The molecule has 0 aliphatic rings. The number of ether oxygens (including phenoxy) is 1. The number of aryl methyl sites for hydroxylation is 1. The molecule has 0 saturated carbocycles. The summed E-state index contributed by atoms with van der Waals surface area (Å²) in [6.07, 6.45) is 1.24. The van der Waals surface area contributed by atoms with Crippen LogP contribution in [0.1, 0.15) is 18.7 Å². The Morgan fingerprint density at radius 1 is 1.07 bits per heavy atom. The average molecular weight is 416 g/mol. The minimum Gasteiger partial charge on any atom is -0.469 e. The van der Waals surface area contributed by atoms with Gasteiger partial charge in [0.25, 0.3) is 0 Å². The van der Waals surface area contributed by atoms with Crippen molar-refractivity contribution in [1.29, 1.82) is 0 Å². The maximum atomic E-state index is 13.6. The van der Waals surface area contributed by atoms with Gasteiger partial charge in [0.2, 0.25) is 11.8 Å². The zero-order valence-corrected chi connectivity index (χ0v) is 15.9. The van der Waals surface area contributed by atoms with Gasteiger partial charge in [0.05, 0.1) is 12.8 Å². The number of benzene rings is 2. The third kappa shape index (κ3) is 5.60. The Bertz CT molecular complexity index is 1040. The normalized spacial score (nSPS) is 10.5. The van der Waals surface area contributed by atoms with Crippen LogP contribution in [0.3, 0.4) is 0 Å². The third-order valence-corrected chi connectivity index (χ3v) is 4.04. The molecule has 8 nitrogen and oxygen atoms in total. The molecule has 0 atom stereocenters. The number of urea groups is 1. The first kappa shape index (κ1) is 20.9. The van der Waals surface area contributed by atoms with Crippen molar-refractivity contribution in [3.63, 3.8) is 0 Å². The Morgan fingerprint density at radius 3 is 2.53 bits per heavy atom. The topological polar surface area (TPSA) is 106 Å². The van der Waals surface area contributed by atoms with Crippen molar-refractivity contribution in [3.05, 3.63) is 60.0 Å². The molecule has 10 heteroatoms. The third-order valence-electron chi connectivity index (χ3n) is 4.04. The quantitative estimate of drug-likeness (QED) is 0.561. The second-order valence-corrected chi connectivity index (χ2v) is 6.21. The summed E-state index contributed by atoms with van der Waals surface area (Å²) in [5.74, 6) is -1.21. The summed E-state index contributed by atoms with van der Waals surface area (Å²) in [6, 6.07) is 8.72. The van der Waals surface area contributed by atoms with Gasteiger partial charge in [0.1, 0.15) is 11.6 Å². The Morgan fingerprint density at radius 2 is 1.83 bits per heavy atom. The van der Waals surface area contributed by atoms with Crippen molar-refractivity contribution < 1.29 is 27.5 Å². The van der Waals surface area contributed by atoms with Crippen LogP contribution in [-0.2, 0) is 16.0 Å². The van der Waals surface area contributed by atoms with E-state index >= 15 is 0 Å². The lowest BCUT2D eigenvalue weighted by Gasteiger charge is -2.08. The number of nitrogens with zero attached hydrogens (tertiary/aromatic N) is 2. The molecule has 2 amide bonds. The summed E-state index contributed by atoms with van der Waals surface area (Å²) in [7, 11) is 1.33. The number of halogens is 2. The number of carbonyl (C=O) groups excluding carboxylic acids is 2. The molecule has 0 saturated heterocycles. The predicted octanol–water partition coefficient (Wildman–Crippen LogP) is 4.15. The van der Waals surface area contributed by atoms with Gasteiger partial charge in [0.15, 0.2) is 0 Å². The molecule has 0 fully saturated rings. The van der Waals surface area contributed by atoms with Crippen molar-refractivity contribution in [2.75, 3.05) is 17.7 Å². The van der Waals surface area contributed by atoms with Crippen molar-refractivity contribution in [2.45, 2.75) is 19.3 Å². The minimum absolute atomic E-state index is 0.142. The minimum atomic E-state index is -0.876. The number of rotatable bonds is 7. The van der Waals surface area contributed by atoms with E-state index in [4.69, 9.17) is 4.42 Å². The van der Waals surface area contributed by atoms with Crippen LogP contribution < -0.4 is 10.6 Å². The van der Waals surface area contributed by atoms with Crippen molar-refractivity contribution >= 4 is 23.4 Å². The monoisotopic (exact) mass is 416 g/mol. The Labute approximate surface area is 170 Å². The number of hydrogen-bond donors (Lipinski definition) is 2. The Balaban J connectivity index is 1.56. The lowest BCUT2D eigenvalue weighted by atomic mass is 10.2. The number of anilines is 2. The number of amides is 2. The summed E-state index contributed by atoms with van der Waals surface area (Å²) in [5, 5.41) is 12.7. The summed E-state index contributed by atoms with van der Waals surface area (Å²) in [5.41, 5.74) is 0.935. The SMILES string of the molecule is COC(=O)CCCc1nnc(-c2ccc(NC(=O)Nc3ccc(F)cc3F)cc2)o1. The van der Waals surface area contributed by atoms with E-state index in [1.54, 1.807) is 24.3 Å². The van der Waals surface area contributed by atoms with Gasteiger partial charge in [-0.2, -0.15) is 0 Å². The van der Waals surface area contributed by atoms with Crippen LogP contribution in [0.2, 0.25) is 0 Å². The zero-order valence-electron chi connectivity index (χ0n) is 15.9. The standard InChI is InChI=1S/C20H18F2N4O4/c1-29-18(27)4-2-3-17-25-26-19(30-17)12-5-8-14(9-6-12)23-20(28)24-16-10-7-13(21)11-15(16)22/h5-11H,2-4H2,1H3,(H2,23,24,28). The summed E-state index contributed by atoms with van der Waals surface area (Å²) in [6.45, 7) is 0. The average Bonchev–Trinajstić information content (AvgIpc) is 3.19. The van der Waals surface area contributed by atoms with Gasteiger partial charge in [-0.25, -0.2) is 13.6 Å². The molecular weight excluding hydrogens is 398 g/mol. The molecule has 0 bridgehead atoms. The molecule has 0 aliphatic heterocycles. The Hall–Kier alpha value is -3.82. The van der Waals surface area contributed by atoms with Crippen molar-refractivity contribution in [3.8, 4) is 11.5 Å². The summed E-state index contributed by atoms with van der Waals surface area (Å²) >= 11 is 0. The van der Waals surface area contributed by atoms with E-state index in [2.05, 4.69) is 25.6 Å². The van der Waals surface area contributed by atoms with E-state index in [0.717, 1.165) is 12.1 Å². The van der Waals surface area contributed by atoms with Crippen LogP contribution in [0.4, 0.5) is 25.0 Å². The van der Waals surface area contributed by atoms with Gasteiger partial charge >= 0.3 is 12.0 Å². The fourth-order valence-corrected chi connectivity index (χ4v) is 2.53. The molecular formula is C20H18F2N4O4. The van der Waals surface area contributed by atoms with E-state index in [1.165, 1.54) is 7.11 Å². The van der Waals surface area contributed by atoms with Crippen LogP contribution in [0.15, 0.2) is 46.9 Å². The van der Waals surface area contributed by atoms with Crippen LogP contribution in [0.5, 0.6) is 0 Å². The maximum absolute atomic E-state index is 13.6. The number of aromatic nitrogens is 2. The highest BCUT2D eigenvalue weighted by atomic mass is 19.1. The molecule has 3 rings (SSSR count). The molecule has 1 heterocycles. The number of nitrogens with one attached hydrogen (secondary N) is 2. The number of esters is 1. The van der Waals surface area contributed by atoms with E-state index in [0.29, 0.717) is 41.9 Å². The van der Waals surface area contributed by atoms with Crippen molar-refractivity contribution in [2.24, 2.45) is 0 Å². The predicted molar refractivity (Wildman–Crippen MR) is 104 cm³/mol. The first-order valence-corrected chi connectivity index (χ1v) is 8.97. The first-order valence-electron chi connectivity index (χ1n) is 8.97. The molecule has 2 aromatic carbocycles. The van der Waals surface area contributed by atoms with Gasteiger partial charge < -0.3 is 19.8 Å². The summed E-state index contributed by atoms with van der Waals surface area (Å²) < 4.78 is 36.6. The van der Waals surface area contributed by atoms with E-state index < -0.39 is 17.7 Å². The second kappa shape index (κ2) is 9.59. The molecule has 30 heavy (non-hydrogen) atoms. The first-order chi connectivity index (χ1) is 14.4. The zero-order chi connectivity index (χ0) is 21.5. The van der Waals surface area contributed by atoms with Gasteiger partial charge in [-0.05, 0) is 42.8 Å². The van der Waals surface area contributed by atoms with Crippen molar-refractivity contribution in [1.82, 2.24) is 10.2 Å². The fraction of sp³-hybridized carbons (Fsp3) is 0.200. The molecule has 3 aromatic rings. The van der Waals surface area contributed by atoms with Gasteiger partial charge in [0, 0.05) is 30.2 Å². The molecule has 1 aromatic heterocycles. The molecule has 2 N–H and O–H groups in total. The number of methoxy groups -OCH3 is 1. The van der Waals surface area contributed by atoms with Crippen LogP contribution in [0, 0.1) is 11.6 Å². The largest absolute Gasteiger partial charge is 0.469 e. The summed E-state index contributed by atoms with van der Waals surface area (Å²) in [4.78, 5) is 23.1. The van der Waals surface area contributed by atoms with Gasteiger partial charge in [-0.1, -0.05) is 0 Å². The highest BCUT2D eigenvalue weighted by Crippen LogP contribution is 2.21. The lowest BCUT2D eigenvalue weighted by molar-refractivity contribution is -0.140. The highest BCUT2D eigenvalue weighted by Gasteiger charge is 2.11. The Kier molecular flexibility index (Phi) is 6.68. The molecule has 0 spiro atoms. The number of carbonyl (C=O) groups is 2. The van der Waals surface area contributed by atoms with Crippen LogP contribution >= 0.6 is 0 Å². The maximum Gasteiger partial charge on any atom is 0.323 e. The molecule has 0 aliphatic carbocycles. The smallest absolute Gasteiger partial charge is 0.323 e. The van der Waals surface area contributed by atoms with Gasteiger partial charge in [-0.15, -0.1) is 10.2 Å². The fourth-order valence-electron chi connectivity index (χ4n) is 2.53. The highest BCUT2D eigenvalue weighted by molar-refractivity contribution is 5.99. The van der Waals surface area contributed by atoms with E-state index in [-0.39, 0.29) is 18.1 Å². The van der Waals surface area contributed by atoms with Crippen LogP contribution in [0.25, 0.3) is 11.5 Å². The van der Waals surface area contributed by atoms with E-state index in [9.17, 15) is 18.4 Å². The molecule has 156 valence electrons. The second-order valence-electron chi connectivity index (χ2n) is 6.21. The lowest BCUT2D eigenvalue weighted by Crippen LogP contribution is -2.20. The molecule has 0 unspecified atom stereocenters. The number of hydrogen-bond acceptors (Lipinski definition) is 6.